The lowest BCUT2D eigenvalue weighted by Gasteiger charge is -2.44. The number of hydrogen-bond donors (Lipinski definition) is 2. The average molecular weight is 592 g/mol. The van der Waals surface area contributed by atoms with Gasteiger partial charge in [-0.2, -0.15) is 0 Å². The van der Waals surface area contributed by atoms with Gasteiger partial charge in [-0.25, -0.2) is 13.2 Å². The second-order valence-corrected chi connectivity index (χ2v) is 13.0. The molecule has 4 rings (SSSR count). The van der Waals surface area contributed by atoms with E-state index in [2.05, 4.69) is 10.3 Å². The standard InChI is InChI=1S/C27H28Cl2N4O5S/c1-16-7-5-8-19(11-16)39(37,38)32-15-18(33(26(35)36)27(2,3)4)13-22-23(32)12-17(14-30-22)31-25(34)24-20(28)9-6-10-21(24)29/h5-12,14,18H,13,15H2,1-4H3,(H,31,34)(H,35,36)/t18-/m1/s1. The molecule has 0 radical (unpaired) electrons. The molecule has 9 nitrogen and oxygen atoms in total. The first kappa shape index (κ1) is 28.7. The Morgan fingerprint density at radius 2 is 1.74 bits per heavy atom. The lowest BCUT2D eigenvalue weighted by molar-refractivity contribution is 0.0713. The van der Waals surface area contributed by atoms with Crippen molar-refractivity contribution in [1.82, 2.24) is 9.88 Å². The smallest absolute Gasteiger partial charge is 0.408 e. The predicted molar refractivity (Wildman–Crippen MR) is 151 cm³/mol. The molecule has 1 aromatic heterocycles. The molecule has 0 saturated carbocycles. The summed E-state index contributed by atoms with van der Waals surface area (Å²) >= 11 is 12.4. The maximum absolute atomic E-state index is 13.9. The van der Waals surface area contributed by atoms with E-state index in [1.165, 1.54) is 35.4 Å². The Kier molecular flexibility index (Phi) is 7.84. The molecular weight excluding hydrogens is 563 g/mol. The Balaban J connectivity index is 1.80. The highest BCUT2D eigenvalue weighted by Crippen LogP contribution is 2.36. The number of fused-ring (bicyclic) bond motifs is 1. The fraction of sp³-hybridized carbons (Fsp3) is 0.296. The number of pyridine rings is 1. The summed E-state index contributed by atoms with van der Waals surface area (Å²) in [7, 11) is -4.13. The second kappa shape index (κ2) is 10.7. The fourth-order valence-corrected chi connectivity index (χ4v) is 6.90. The molecule has 0 bridgehead atoms. The van der Waals surface area contributed by atoms with Crippen LogP contribution in [0.15, 0.2) is 59.6 Å². The number of hydrogen-bond acceptors (Lipinski definition) is 5. The van der Waals surface area contributed by atoms with Crippen LogP contribution in [0.3, 0.4) is 0 Å². The molecular formula is C27H28Cl2N4O5S. The number of amides is 2. The summed E-state index contributed by atoms with van der Waals surface area (Å²) in [5.41, 5.74) is 0.882. The van der Waals surface area contributed by atoms with E-state index in [9.17, 15) is 23.1 Å². The quantitative estimate of drug-likeness (QED) is 0.384. The van der Waals surface area contributed by atoms with Gasteiger partial charge in [-0.3, -0.25) is 19.0 Å². The summed E-state index contributed by atoms with van der Waals surface area (Å²) in [6.45, 7) is 6.90. The van der Waals surface area contributed by atoms with E-state index in [0.717, 1.165) is 9.87 Å². The zero-order valence-corrected chi connectivity index (χ0v) is 24.1. The molecule has 0 unspecified atom stereocenters. The van der Waals surface area contributed by atoms with Crippen molar-refractivity contribution < 1.29 is 23.1 Å². The number of rotatable bonds is 5. The van der Waals surface area contributed by atoms with E-state index in [0.29, 0.717) is 5.69 Å². The third-order valence-electron chi connectivity index (χ3n) is 6.34. The summed E-state index contributed by atoms with van der Waals surface area (Å²) in [5.74, 6) is -0.584. The Labute approximate surface area is 237 Å². The van der Waals surface area contributed by atoms with E-state index < -0.39 is 33.6 Å². The van der Waals surface area contributed by atoms with Crippen LogP contribution < -0.4 is 9.62 Å². The molecule has 0 fully saturated rings. The number of carbonyl (C=O) groups excluding carboxylic acids is 1. The van der Waals surface area contributed by atoms with Crippen molar-refractivity contribution in [2.75, 3.05) is 16.2 Å². The van der Waals surface area contributed by atoms with Crippen molar-refractivity contribution in [3.8, 4) is 0 Å². The number of anilines is 2. The molecule has 0 aliphatic carbocycles. The molecule has 2 aromatic carbocycles. The first-order chi connectivity index (χ1) is 18.2. The second-order valence-electron chi connectivity index (χ2n) is 10.3. The molecule has 39 heavy (non-hydrogen) atoms. The maximum Gasteiger partial charge on any atom is 0.408 e. The number of carboxylic acid groups (broad SMARTS) is 1. The van der Waals surface area contributed by atoms with Gasteiger partial charge in [0.2, 0.25) is 0 Å². The molecule has 0 saturated heterocycles. The van der Waals surface area contributed by atoms with Crippen LogP contribution in [-0.4, -0.2) is 53.5 Å². The third-order valence-corrected chi connectivity index (χ3v) is 8.75. The van der Waals surface area contributed by atoms with Crippen molar-refractivity contribution >= 4 is 56.6 Å². The van der Waals surface area contributed by atoms with Crippen LogP contribution in [-0.2, 0) is 16.4 Å². The summed E-state index contributed by atoms with van der Waals surface area (Å²) in [5, 5.41) is 13.0. The number of nitrogens with zero attached hydrogens (tertiary/aromatic N) is 3. The summed E-state index contributed by atoms with van der Waals surface area (Å²) in [4.78, 5) is 31.0. The highest BCUT2D eigenvalue weighted by atomic mass is 35.5. The third kappa shape index (κ3) is 5.83. The zero-order chi connectivity index (χ0) is 28.7. The minimum Gasteiger partial charge on any atom is -0.465 e. The van der Waals surface area contributed by atoms with Crippen LogP contribution in [0.25, 0.3) is 0 Å². The summed E-state index contributed by atoms with van der Waals surface area (Å²) in [6.07, 6.45) is 0.414. The van der Waals surface area contributed by atoms with Gasteiger partial charge in [0.25, 0.3) is 15.9 Å². The molecule has 1 aliphatic rings. The van der Waals surface area contributed by atoms with E-state index in [1.807, 2.05) is 0 Å². The van der Waals surface area contributed by atoms with Crippen LogP contribution in [0.2, 0.25) is 10.0 Å². The van der Waals surface area contributed by atoms with E-state index in [1.54, 1.807) is 52.0 Å². The number of sulfonamides is 1. The average Bonchev–Trinajstić information content (AvgIpc) is 2.82. The van der Waals surface area contributed by atoms with Gasteiger partial charge in [0.05, 0.1) is 56.4 Å². The lowest BCUT2D eigenvalue weighted by atomic mass is 9.97. The van der Waals surface area contributed by atoms with Crippen molar-refractivity contribution in [2.24, 2.45) is 0 Å². The largest absolute Gasteiger partial charge is 0.465 e. The molecule has 2 N–H and O–H groups in total. The van der Waals surface area contributed by atoms with Crippen LogP contribution in [0, 0.1) is 6.92 Å². The highest BCUT2D eigenvalue weighted by molar-refractivity contribution is 7.92. The highest BCUT2D eigenvalue weighted by Gasteiger charge is 2.41. The van der Waals surface area contributed by atoms with Gasteiger partial charge in [-0.05, 0) is 63.6 Å². The number of nitrogens with one attached hydrogen (secondary N) is 1. The summed E-state index contributed by atoms with van der Waals surface area (Å²) < 4.78 is 29.1. The topological polar surface area (TPSA) is 120 Å². The van der Waals surface area contributed by atoms with Gasteiger partial charge in [0, 0.05) is 12.0 Å². The minimum atomic E-state index is -4.13. The molecule has 2 heterocycles. The van der Waals surface area contributed by atoms with Gasteiger partial charge in [-0.1, -0.05) is 41.4 Å². The van der Waals surface area contributed by atoms with Crippen LogP contribution in [0.1, 0.15) is 42.4 Å². The Bertz CT molecular complexity index is 1540. The molecule has 0 spiro atoms. The van der Waals surface area contributed by atoms with Crippen LogP contribution in [0.5, 0.6) is 0 Å². The number of aryl methyl sites for hydroxylation is 1. The van der Waals surface area contributed by atoms with Crippen molar-refractivity contribution in [3.05, 3.63) is 81.6 Å². The van der Waals surface area contributed by atoms with Crippen molar-refractivity contribution in [2.45, 2.75) is 50.6 Å². The monoisotopic (exact) mass is 590 g/mol. The molecule has 12 heteroatoms. The van der Waals surface area contributed by atoms with Crippen LogP contribution >= 0.6 is 23.2 Å². The first-order valence-corrected chi connectivity index (χ1v) is 14.3. The molecule has 1 aliphatic heterocycles. The van der Waals surface area contributed by atoms with Gasteiger partial charge in [-0.15, -0.1) is 0 Å². The zero-order valence-electron chi connectivity index (χ0n) is 21.8. The number of halogens is 2. The van der Waals surface area contributed by atoms with E-state index in [-0.39, 0.29) is 44.8 Å². The Hall–Kier alpha value is -3.34. The van der Waals surface area contributed by atoms with Gasteiger partial charge in [0.15, 0.2) is 0 Å². The fourth-order valence-electron chi connectivity index (χ4n) is 4.70. The number of carbonyl (C=O) groups is 2. The normalized spacial score (nSPS) is 15.4. The van der Waals surface area contributed by atoms with E-state index >= 15 is 0 Å². The molecule has 3 aromatic rings. The molecule has 1 atom stereocenters. The lowest BCUT2D eigenvalue weighted by Crippen LogP contribution is -2.58. The first-order valence-electron chi connectivity index (χ1n) is 12.1. The maximum atomic E-state index is 13.9. The van der Waals surface area contributed by atoms with Crippen molar-refractivity contribution in [1.29, 1.82) is 0 Å². The van der Waals surface area contributed by atoms with Gasteiger partial charge < -0.3 is 10.4 Å². The van der Waals surface area contributed by atoms with Crippen molar-refractivity contribution in [3.63, 3.8) is 0 Å². The Morgan fingerprint density at radius 1 is 1.10 bits per heavy atom. The summed E-state index contributed by atoms with van der Waals surface area (Å²) in [6, 6.07) is 12.0. The van der Waals surface area contributed by atoms with Gasteiger partial charge in [0.1, 0.15) is 0 Å². The minimum absolute atomic E-state index is 0.0593. The van der Waals surface area contributed by atoms with Crippen LogP contribution in [0.4, 0.5) is 16.2 Å². The Morgan fingerprint density at radius 3 is 2.33 bits per heavy atom. The SMILES string of the molecule is Cc1cccc(S(=O)(=O)N2C[C@H](N(C(=O)O)C(C)(C)C)Cc3ncc(NC(=O)c4c(Cl)cccc4Cl)cc32)c1. The number of benzene rings is 2. The molecule has 2 amide bonds. The predicted octanol–water partition coefficient (Wildman–Crippen LogP) is 5.85. The van der Waals surface area contributed by atoms with E-state index in [4.69, 9.17) is 23.2 Å². The van der Waals surface area contributed by atoms with Gasteiger partial charge >= 0.3 is 6.09 Å². The molecule has 206 valence electrons. The number of aromatic nitrogens is 1.